The fraction of sp³-hybridized carbons (Fsp3) is 0.143. The quantitative estimate of drug-likeness (QED) is 0.275. The summed E-state index contributed by atoms with van der Waals surface area (Å²) in [5.74, 6) is 0.696. The van der Waals surface area contributed by atoms with E-state index >= 15 is 0 Å². The zero-order chi connectivity index (χ0) is 19.8. The van der Waals surface area contributed by atoms with Crippen LogP contribution in [0.4, 0.5) is 10.1 Å². The molecule has 0 aliphatic rings. The summed E-state index contributed by atoms with van der Waals surface area (Å²) in [6, 6.07) is 17.1. The second-order valence-corrected chi connectivity index (χ2v) is 5.98. The molecule has 6 nitrogen and oxygen atoms in total. The average molecular weight is 508 g/mol. The Hall–Kier alpha value is -2.72. The Morgan fingerprint density at radius 3 is 2.69 bits per heavy atom. The third kappa shape index (κ3) is 6.99. The van der Waals surface area contributed by atoms with E-state index < -0.39 is 0 Å². The van der Waals surface area contributed by atoms with Crippen LogP contribution in [-0.2, 0) is 17.9 Å². The smallest absolute Gasteiger partial charge is 0.219 e. The predicted octanol–water partition coefficient (Wildman–Crippen LogP) is 4.70. The van der Waals surface area contributed by atoms with Gasteiger partial charge in [0.15, 0.2) is 5.96 Å². The van der Waals surface area contributed by atoms with Crippen LogP contribution in [0.3, 0.4) is 0 Å². The molecule has 3 aromatic rings. The van der Waals surface area contributed by atoms with Crippen molar-refractivity contribution in [2.24, 2.45) is 10.7 Å². The number of nitrogens with one attached hydrogen (secondary N) is 1. The number of halogens is 2. The molecule has 29 heavy (non-hydrogen) atoms. The Morgan fingerprint density at radius 2 is 1.97 bits per heavy atom. The van der Waals surface area contributed by atoms with Crippen molar-refractivity contribution in [3.63, 3.8) is 0 Å². The van der Waals surface area contributed by atoms with Crippen molar-refractivity contribution in [1.82, 2.24) is 4.98 Å². The monoisotopic (exact) mass is 508 g/mol. The number of aliphatic imine (C=N–C) groups is 1. The maximum Gasteiger partial charge on any atom is 0.219 e. The Balaban J connectivity index is 0.00000300. The molecule has 0 saturated carbocycles. The van der Waals surface area contributed by atoms with Crippen molar-refractivity contribution >= 4 is 35.6 Å². The van der Waals surface area contributed by atoms with Crippen molar-refractivity contribution < 1.29 is 13.9 Å². The molecule has 8 heteroatoms. The zero-order valence-electron chi connectivity index (χ0n) is 15.8. The number of hydrogen-bond donors (Lipinski definition) is 2. The summed E-state index contributed by atoms with van der Waals surface area (Å²) in [5, 5.41) is 3.08. The Morgan fingerprint density at radius 1 is 1.14 bits per heavy atom. The van der Waals surface area contributed by atoms with Gasteiger partial charge in [-0.15, -0.1) is 24.0 Å². The number of methoxy groups -OCH3 is 1. The molecular formula is C21H22FIN4O2. The zero-order valence-corrected chi connectivity index (χ0v) is 18.2. The highest BCUT2D eigenvalue weighted by molar-refractivity contribution is 14.0. The highest BCUT2D eigenvalue weighted by Gasteiger charge is 2.03. The summed E-state index contributed by atoms with van der Waals surface area (Å²) in [5.41, 5.74) is 8.68. The summed E-state index contributed by atoms with van der Waals surface area (Å²) in [6.07, 6.45) is 1.64. The van der Waals surface area contributed by atoms with Gasteiger partial charge in [-0.3, -0.25) is 0 Å². The van der Waals surface area contributed by atoms with E-state index in [1.165, 1.54) is 12.1 Å². The van der Waals surface area contributed by atoms with Gasteiger partial charge in [0.2, 0.25) is 5.88 Å². The first-order valence-corrected chi connectivity index (χ1v) is 8.66. The lowest BCUT2D eigenvalue weighted by Crippen LogP contribution is -2.23. The summed E-state index contributed by atoms with van der Waals surface area (Å²) < 4.78 is 23.9. The van der Waals surface area contributed by atoms with Crippen LogP contribution in [0, 0.1) is 5.82 Å². The Labute approximate surface area is 186 Å². The van der Waals surface area contributed by atoms with E-state index in [9.17, 15) is 4.39 Å². The lowest BCUT2D eigenvalue weighted by Gasteiger charge is -2.11. The van der Waals surface area contributed by atoms with Gasteiger partial charge >= 0.3 is 0 Å². The number of hydrogen-bond acceptors (Lipinski definition) is 4. The number of anilines is 1. The standard InChI is InChI=1S/C21H21FN4O2.HI/c1-27-14-16-5-2-3-8-19(16)26-21(23)25-13-15-9-10-20(24-12-15)28-18-7-4-6-17(22)11-18;/h2-12H,13-14H2,1H3,(H3,23,25,26);1H. The van der Waals surface area contributed by atoms with Crippen molar-refractivity contribution in [3.05, 3.63) is 83.8 Å². The van der Waals surface area contributed by atoms with Gasteiger partial charge < -0.3 is 20.5 Å². The molecule has 0 saturated heterocycles. The number of pyridine rings is 1. The van der Waals surface area contributed by atoms with E-state index in [1.807, 2.05) is 30.3 Å². The molecule has 0 unspecified atom stereocenters. The van der Waals surface area contributed by atoms with Crippen LogP contribution in [0.25, 0.3) is 0 Å². The Kier molecular flexibility index (Phi) is 8.81. The Bertz CT molecular complexity index is 951. The normalized spacial score (nSPS) is 10.9. The lowest BCUT2D eigenvalue weighted by atomic mass is 10.2. The minimum atomic E-state index is -0.362. The van der Waals surface area contributed by atoms with E-state index in [0.717, 1.165) is 16.8 Å². The van der Waals surface area contributed by atoms with Gasteiger partial charge in [0.25, 0.3) is 0 Å². The van der Waals surface area contributed by atoms with Crippen LogP contribution < -0.4 is 15.8 Å². The predicted molar refractivity (Wildman–Crippen MR) is 122 cm³/mol. The van der Waals surface area contributed by atoms with E-state index in [2.05, 4.69) is 15.3 Å². The van der Waals surface area contributed by atoms with E-state index in [0.29, 0.717) is 30.7 Å². The SMILES string of the molecule is COCc1ccccc1NC(N)=NCc1ccc(Oc2cccc(F)c2)nc1.I. The third-order valence-corrected chi connectivity index (χ3v) is 3.83. The fourth-order valence-electron chi connectivity index (χ4n) is 2.49. The topological polar surface area (TPSA) is 81.8 Å². The van der Waals surface area contributed by atoms with Crippen LogP contribution in [0.2, 0.25) is 0 Å². The molecule has 0 amide bonds. The molecule has 3 N–H and O–H groups in total. The molecule has 1 aromatic heterocycles. The highest BCUT2D eigenvalue weighted by Crippen LogP contribution is 2.20. The number of rotatable bonds is 7. The lowest BCUT2D eigenvalue weighted by molar-refractivity contribution is 0.185. The van der Waals surface area contributed by atoms with Crippen molar-refractivity contribution in [3.8, 4) is 11.6 Å². The summed E-state index contributed by atoms with van der Waals surface area (Å²) in [7, 11) is 1.64. The summed E-state index contributed by atoms with van der Waals surface area (Å²) in [4.78, 5) is 8.54. The van der Waals surface area contributed by atoms with E-state index in [-0.39, 0.29) is 29.8 Å². The second-order valence-electron chi connectivity index (χ2n) is 5.98. The molecule has 3 rings (SSSR count). The minimum absolute atomic E-state index is 0. The number of nitrogens with zero attached hydrogens (tertiary/aromatic N) is 2. The van der Waals surface area contributed by atoms with Gasteiger partial charge in [-0.1, -0.05) is 30.3 Å². The van der Waals surface area contributed by atoms with Crippen LogP contribution in [0.15, 0.2) is 71.9 Å². The fourth-order valence-corrected chi connectivity index (χ4v) is 2.49. The van der Waals surface area contributed by atoms with Gasteiger partial charge in [-0.2, -0.15) is 0 Å². The van der Waals surface area contributed by atoms with Gasteiger partial charge in [-0.25, -0.2) is 14.4 Å². The van der Waals surface area contributed by atoms with Gasteiger partial charge in [0, 0.05) is 36.7 Å². The molecule has 0 bridgehead atoms. The highest BCUT2D eigenvalue weighted by atomic mass is 127. The molecule has 0 atom stereocenters. The number of para-hydroxylation sites is 1. The summed E-state index contributed by atoms with van der Waals surface area (Å²) in [6.45, 7) is 0.839. The first-order chi connectivity index (χ1) is 13.6. The number of guanidine groups is 1. The maximum atomic E-state index is 13.2. The molecule has 1 heterocycles. The third-order valence-electron chi connectivity index (χ3n) is 3.83. The molecule has 152 valence electrons. The molecule has 0 aliphatic carbocycles. The molecular weight excluding hydrogens is 486 g/mol. The number of benzene rings is 2. The second kappa shape index (κ2) is 11.3. The largest absolute Gasteiger partial charge is 0.439 e. The van der Waals surface area contributed by atoms with Gasteiger partial charge in [-0.05, 0) is 23.8 Å². The van der Waals surface area contributed by atoms with Crippen molar-refractivity contribution in [1.29, 1.82) is 0 Å². The van der Waals surface area contributed by atoms with E-state index in [4.69, 9.17) is 15.2 Å². The van der Waals surface area contributed by atoms with Crippen LogP contribution in [-0.4, -0.2) is 18.1 Å². The van der Waals surface area contributed by atoms with Crippen LogP contribution >= 0.6 is 24.0 Å². The minimum Gasteiger partial charge on any atom is -0.439 e. The van der Waals surface area contributed by atoms with Crippen molar-refractivity contribution in [2.75, 3.05) is 12.4 Å². The molecule has 0 fully saturated rings. The van der Waals surface area contributed by atoms with E-state index in [1.54, 1.807) is 31.5 Å². The number of nitrogens with two attached hydrogens (primary N) is 1. The summed E-state index contributed by atoms with van der Waals surface area (Å²) >= 11 is 0. The number of aromatic nitrogens is 1. The van der Waals surface area contributed by atoms with Crippen LogP contribution in [0.1, 0.15) is 11.1 Å². The van der Waals surface area contributed by atoms with Gasteiger partial charge in [0.1, 0.15) is 11.6 Å². The first-order valence-electron chi connectivity index (χ1n) is 8.66. The van der Waals surface area contributed by atoms with Gasteiger partial charge in [0.05, 0.1) is 13.2 Å². The number of ether oxygens (including phenoxy) is 2. The van der Waals surface area contributed by atoms with Crippen LogP contribution in [0.5, 0.6) is 11.6 Å². The van der Waals surface area contributed by atoms with Crippen molar-refractivity contribution in [2.45, 2.75) is 13.2 Å². The maximum absolute atomic E-state index is 13.2. The molecule has 0 aliphatic heterocycles. The molecule has 0 radical (unpaired) electrons. The first kappa shape index (κ1) is 22.6. The molecule has 2 aromatic carbocycles. The average Bonchev–Trinajstić information content (AvgIpc) is 2.69. The molecule has 0 spiro atoms.